The van der Waals surface area contributed by atoms with Gasteiger partial charge in [0, 0.05) is 44.6 Å². The van der Waals surface area contributed by atoms with Gasteiger partial charge in [-0.15, -0.1) is 0 Å². The zero-order valence-corrected chi connectivity index (χ0v) is 11.2. The van der Waals surface area contributed by atoms with Crippen LogP contribution in [-0.2, 0) is 4.79 Å². The maximum absolute atomic E-state index is 12.4. The summed E-state index contributed by atoms with van der Waals surface area (Å²) in [4.78, 5) is 31.9. The third kappa shape index (κ3) is 2.90. The number of pyridine rings is 1. The third-order valence-corrected chi connectivity index (χ3v) is 3.32. The second kappa shape index (κ2) is 5.79. The second-order valence-electron chi connectivity index (χ2n) is 4.63. The van der Waals surface area contributed by atoms with Gasteiger partial charge < -0.3 is 15.1 Å². The third-order valence-electron chi connectivity index (χ3n) is 3.32. The number of likely N-dealkylation sites (N-methyl/N-ethyl adjacent to an activating group) is 2. The Balaban J connectivity index is 2.21. The maximum Gasteiger partial charge on any atom is 0.254 e. The fourth-order valence-electron chi connectivity index (χ4n) is 2.21. The first-order valence-electron chi connectivity index (χ1n) is 6.24. The van der Waals surface area contributed by atoms with Crippen molar-refractivity contribution in [3.63, 3.8) is 0 Å². The second-order valence-corrected chi connectivity index (χ2v) is 4.63. The minimum atomic E-state index is -0.440. The molecule has 1 saturated heterocycles. The predicted octanol–water partition coefficient (Wildman–Crippen LogP) is -0.416. The number of amides is 2. The van der Waals surface area contributed by atoms with E-state index in [9.17, 15) is 9.59 Å². The maximum atomic E-state index is 12.4. The average molecular weight is 262 g/mol. The number of carbonyl (C=O) groups excluding carboxylic acids is 2. The lowest BCUT2D eigenvalue weighted by Crippen LogP contribution is -2.59. The number of nitrogens with one attached hydrogen (secondary N) is 1. The molecule has 19 heavy (non-hydrogen) atoms. The Bertz CT molecular complexity index is 463. The molecule has 1 aromatic rings. The van der Waals surface area contributed by atoms with E-state index in [2.05, 4.69) is 15.2 Å². The summed E-state index contributed by atoms with van der Waals surface area (Å²) in [7, 11) is 3.54. The van der Waals surface area contributed by atoms with Gasteiger partial charge in [-0.05, 0) is 19.2 Å². The zero-order chi connectivity index (χ0) is 13.8. The first-order chi connectivity index (χ1) is 9.13. The number of aromatic nitrogens is 1. The molecule has 0 aromatic carbocycles. The molecule has 2 amide bonds. The van der Waals surface area contributed by atoms with Crippen LogP contribution in [-0.4, -0.2) is 66.4 Å². The van der Waals surface area contributed by atoms with Crippen molar-refractivity contribution in [2.45, 2.75) is 6.04 Å². The fraction of sp³-hybridized carbons (Fsp3) is 0.462. The van der Waals surface area contributed by atoms with Crippen molar-refractivity contribution < 1.29 is 9.59 Å². The summed E-state index contributed by atoms with van der Waals surface area (Å²) in [6.45, 7) is 1.87. The molecule has 1 fully saturated rings. The van der Waals surface area contributed by atoms with Crippen molar-refractivity contribution in [1.29, 1.82) is 0 Å². The van der Waals surface area contributed by atoms with Gasteiger partial charge in [0.25, 0.3) is 5.91 Å². The van der Waals surface area contributed by atoms with Crippen LogP contribution in [0.1, 0.15) is 10.4 Å². The van der Waals surface area contributed by atoms with Gasteiger partial charge in [-0.25, -0.2) is 0 Å². The molecule has 0 radical (unpaired) electrons. The molecule has 6 nitrogen and oxygen atoms in total. The SMILES string of the molecule is CNC(=O)[C@H]1CN(C)CCN1C(=O)c1ccncc1. The summed E-state index contributed by atoms with van der Waals surface area (Å²) in [6.07, 6.45) is 3.16. The van der Waals surface area contributed by atoms with Crippen molar-refractivity contribution >= 4 is 11.8 Å². The standard InChI is InChI=1S/C13H18N4O2/c1-14-12(18)11-9-16(2)7-8-17(11)13(19)10-3-5-15-6-4-10/h3-6,11H,7-9H2,1-2H3,(H,14,18)/t11-/m1/s1. The highest BCUT2D eigenvalue weighted by atomic mass is 16.2. The van der Waals surface area contributed by atoms with Crippen molar-refractivity contribution in [3.8, 4) is 0 Å². The lowest BCUT2D eigenvalue weighted by molar-refractivity contribution is -0.126. The summed E-state index contributed by atoms with van der Waals surface area (Å²) >= 11 is 0. The van der Waals surface area contributed by atoms with E-state index in [4.69, 9.17) is 0 Å². The van der Waals surface area contributed by atoms with Gasteiger partial charge in [-0.1, -0.05) is 0 Å². The molecule has 102 valence electrons. The zero-order valence-electron chi connectivity index (χ0n) is 11.2. The van der Waals surface area contributed by atoms with E-state index < -0.39 is 6.04 Å². The molecule has 1 aliphatic heterocycles. The average Bonchev–Trinajstić information content (AvgIpc) is 2.46. The molecule has 0 saturated carbocycles. The van der Waals surface area contributed by atoms with E-state index in [1.807, 2.05) is 7.05 Å². The van der Waals surface area contributed by atoms with Gasteiger partial charge in [-0.3, -0.25) is 14.6 Å². The van der Waals surface area contributed by atoms with Crippen molar-refractivity contribution in [2.75, 3.05) is 33.7 Å². The molecule has 0 bridgehead atoms. The first kappa shape index (κ1) is 13.5. The van der Waals surface area contributed by atoms with Crippen LogP contribution in [0.4, 0.5) is 0 Å². The number of rotatable bonds is 2. The molecule has 1 aliphatic rings. The quantitative estimate of drug-likeness (QED) is 0.786. The monoisotopic (exact) mass is 262 g/mol. The number of hydrogen-bond donors (Lipinski definition) is 1. The molecular formula is C13H18N4O2. The lowest BCUT2D eigenvalue weighted by atomic mass is 10.1. The normalized spacial score (nSPS) is 20.1. The molecule has 0 spiro atoms. The van der Waals surface area contributed by atoms with Crippen LogP contribution in [0.5, 0.6) is 0 Å². The topological polar surface area (TPSA) is 65.5 Å². The molecule has 6 heteroatoms. The van der Waals surface area contributed by atoms with Gasteiger partial charge in [-0.2, -0.15) is 0 Å². The van der Waals surface area contributed by atoms with Crippen LogP contribution in [0.15, 0.2) is 24.5 Å². The van der Waals surface area contributed by atoms with E-state index in [0.717, 1.165) is 6.54 Å². The lowest BCUT2D eigenvalue weighted by Gasteiger charge is -2.38. The molecule has 1 N–H and O–H groups in total. The number of hydrogen-bond acceptors (Lipinski definition) is 4. The molecule has 2 heterocycles. The van der Waals surface area contributed by atoms with Gasteiger partial charge in [0.15, 0.2) is 0 Å². The first-order valence-corrected chi connectivity index (χ1v) is 6.24. The van der Waals surface area contributed by atoms with Crippen LogP contribution >= 0.6 is 0 Å². The fourth-order valence-corrected chi connectivity index (χ4v) is 2.21. The van der Waals surface area contributed by atoms with Gasteiger partial charge in [0.1, 0.15) is 6.04 Å². The van der Waals surface area contributed by atoms with Crippen LogP contribution in [0.2, 0.25) is 0 Å². The summed E-state index contributed by atoms with van der Waals surface area (Å²) in [6, 6.07) is 2.90. The van der Waals surface area contributed by atoms with Crippen molar-refractivity contribution in [2.24, 2.45) is 0 Å². The van der Waals surface area contributed by atoms with Gasteiger partial charge in [0.2, 0.25) is 5.91 Å². The van der Waals surface area contributed by atoms with Crippen LogP contribution in [0, 0.1) is 0 Å². The Morgan fingerprint density at radius 1 is 1.32 bits per heavy atom. The van der Waals surface area contributed by atoms with Gasteiger partial charge in [0.05, 0.1) is 0 Å². The summed E-state index contributed by atoms with van der Waals surface area (Å²) in [5.74, 6) is -0.252. The summed E-state index contributed by atoms with van der Waals surface area (Å²) < 4.78 is 0. The van der Waals surface area contributed by atoms with Crippen LogP contribution in [0.3, 0.4) is 0 Å². The smallest absolute Gasteiger partial charge is 0.254 e. The Kier molecular flexibility index (Phi) is 4.11. The minimum Gasteiger partial charge on any atom is -0.357 e. The largest absolute Gasteiger partial charge is 0.357 e. The molecule has 1 aromatic heterocycles. The highest BCUT2D eigenvalue weighted by Crippen LogP contribution is 2.13. The molecular weight excluding hydrogens is 244 g/mol. The Morgan fingerprint density at radius 2 is 2.00 bits per heavy atom. The Morgan fingerprint density at radius 3 is 2.63 bits per heavy atom. The summed E-state index contributed by atoms with van der Waals surface area (Å²) in [5.41, 5.74) is 0.563. The van der Waals surface area contributed by atoms with Gasteiger partial charge >= 0.3 is 0 Å². The van der Waals surface area contributed by atoms with E-state index in [0.29, 0.717) is 18.7 Å². The Labute approximate surface area is 112 Å². The van der Waals surface area contributed by atoms with Crippen LogP contribution < -0.4 is 5.32 Å². The molecule has 0 unspecified atom stereocenters. The van der Waals surface area contributed by atoms with Crippen molar-refractivity contribution in [3.05, 3.63) is 30.1 Å². The number of piperazine rings is 1. The van der Waals surface area contributed by atoms with E-state index in [1.54, 1.807) is 36.5 Å². The van der Waals surface area contributed by atoms with E-state index >= 15 is 0 Å². The number of nitrogens with zero attached hydrogens (tertiary/aromatic N) is 3. The van der Waals surface area contributed by atoms with Crippen molar-refractivity contribution in [1.82, 2.24) is 20.1 Å². The predicted molar refractivity (Wildman–Crippen MR) is 70.6 cm³/mol. The minimum absolute atomic E-state index is 0.121. The Hall–Kier alpha value is -1.95. The molecule has 1 atom stereocenters. The molecule has 2 rings (SSSR count). The molecule has 0 aliphatic carbocycles. The highest BCUT2D eigenvalue weighted by Gasteiger charge is 2.33. The summed E-state index contributed by atoms with van der Waals surface area (Å²) in [5, 5.41) is 2.62. The van der Waals surface area contributed by atoms with E-state index in [1.165, 1.54) is 0 Å². The number of carbonyl (C=O) groups is 2. The van der Waals surface area contributed by atoms with Crippen LogP contribution in [0.25, 0.3) is 0 Å². The highest BCUT2D eigenvalue weighted by molar-refractivity contribution is 5.97. The van der Waals surface area contributed by atoms with E-state index in [-0.39, 0.29) is 11.8 Å².